The maximum atomic E-state index is 11.1. The van der Waals surface area contributed by atoms with Crippen molar-refractivity contribution in [3.05, 3.63) is 30.3 Å². The molecular formula is C10H9N2NaO3S. The number of fused-ring (bicyclic) bond motifs is 1. The molecule has 0 bridgehead atoms. The summed E-state index contributed by atoms with van der Waals surface area (Å²) in [5.41, 5.74) is 11.6. The molecule has 0 heterocycles. The van der Waals surface area contributed by atoms with Crippen LogP contribution in [-0.2, 0) is 10.1 Å². The van der Waals surface area contributed by atoms with E-state index in [4.69, 9.17) is 11.5 Å². The van der Waals surface area contributed by atoms with Crippen LogP contribution in [0.25, 0.3) is 10.8 Å². The Bertz CT molecular complexity index is 671. The third kappa shape index (κ3) is 2.56. The average molecular weight is 260 g/mol. The van der Waals surface area contributed by atoms with Gasteiger partial charge in [-0.05, 0) is 6.07 Å². The molecule has 0 radical (unpaired) electrons. The van der Waals surface area contributed by atoms with Crippen LogP contribution >= 0.6 is 0 Å². The Kier molecular flexibility index (Phi) is 4.06. The molecule has 0 aliphatic rings. The quantitative estimate of drug-likeness (QED) is 0.347. The molecule has 2 rings (SSSR count). The predicted molar refractivity (Wildman–Crippen MR) is 60.7 cm³/mol. The average Bonchev–Trinajstić information content (AvgIpc) is 2.22. The van der Waals surface area contributed by atoms with Gasteiger partial charge in [-0.3, -0.25) is 0 Å². The van der Waals surface area contributed by atoms with Crippen LogP contribution in [0.5, 0.6) is 0 Å². The topological polar surface area (TPSA) is 109 Å². The van der Waals surface area contributed by atoms with Crippen LogP contribution in [0, 0.1) is 0 Å². The Hall–Kier alpha value is -0.790. The zero-order valence-electron chi connectivity index (χ0n) is 9.17. The molecule has 0 fully saturated rings. The van der Waals surface area contributed by atoms with Gasteiger partial charge in [-0.25, -0.2) is 8.42 Å². The van der Waals surface area contributed by atoms with E-state index in [-0.39, 0.29) is 45.8 Å². The van der Waals surface area contributed by atoms with E-state index in [1.54, 1.807) is 18.2 Å². The number of rotatable bonds is 1. The molecule has 0 unspecified atom stereocenters. The van der Waals surface area contributed by atoms with Crippen molar-refractivity contribution in [2.24, 2.45) is 0 Å². The first kappa shape index (κ1) is 14.3. The van der Waals surface area contributed by atoms with Crippen molar-refractivity contribution in [1.29, 1.82) is 0 Å². The Labute approximate surface area is 121 Å². The summed E-state index contributed by atoms with van der Waals surface area (Å²) >= 11 is 0. The summed E-state index contributed by atoms with van der Waals surface area (Å²) in [6, 6.07) is 7.57. The standard InChI is InChI=1S/C10H10N2O3S.Na/c11-8-5-9(16(13,14)15)6-3-1-2-4-7(6)10(8)12;/h1-5H,11-12H2,(H,13,14,15);/q;+1/p-1. The van der Waals surface area contributed by atoms with Gasteiger partial charge < -0.3 is 16.0 Å². The maximum absolute atomic E-state index is 11.1. The van der Waals surface area contributed by atoms with E-state index in [9.17, 15) is 13.0 Å². The first-order chi connectivity index (χ1) is 7.41. The molecule has 0 amide bonds. The smallest absolute Gasteiger partial charge is 0.744 e. The Morgan fingerprint density at radius 3 is 2.12 bits per heavy atom. The molecule has 0 aromatic heterocycles. The number of hydrogen-bond donors (Lipinski definition) is 2. The number of benzene rings is 2. The minimum absolute atomic E-state index is 0. The number of anilines is 2. The fourth-order valence-corrected chi connectivity index (χ4v) is 2.31. The molecule has 5 nitrogen and oxygen atoms in total. The molecule has 84 valence electrons. The van der Waals surface area contributed by atoms with Gasteiger partial charge in [0.2, 0.25) is 0 Å². The van der Waals surface area contributed by atoms with Gasteiger partial charge in [0.05, 0.1) is 16.3 Å². The molecule has 0 aliphatic carbocycles. The van der Waals surface area contributed by atoms with Crippen LogP contribution in [0.3, 0.4) is 0 Å². The van der Waals surface area contributed by atoms with Crippen LogP contribution in [0.2, 0.25) is 0 Å². The number of nitrogen functional groups attached to an aromatic ring is 2. The summed E-state index contributed by atoms with van der Waals surface area (Å²) in [5.74, 6) is 0. The first-order valence-corrected chi connectivity index (χ1v) is 5.84. The largest absolute Gasteiger partial charge is 1.00 e. The van der Waals surface area contributed by atoms with E-state index in [0.29, 0.717) is 10.8 Å². The van der Waals surface area contributed by atoms with Gasteiger partial charge in [0.1, 0.15) is 10.1 Å². The molecule has 0 aliphatic heterocycles. The number of nitrogens with two attached hydrogens (primary N) is 2. The second-order valence-electron chi connectivity index (χ2n) is 3.38. The molecule has 17 heavy (non-hydrogen) atoms. The summed E-state index contributed by atoms with van der Waals surface area (Å²) in [7, 11) is -4.55. The monoisotopic (exact) mass is 260 g/mol. The maximum Gasteiger partial charge on any atom is 1.00 e. The van der Waals surface area contributed by atoms with Gasteiger partial charge in [-0.1, -0.05) is 24.3 Å². The van der Waals surface area contributed by atoms with E-state index >= 15 is 0 Å². The third-order valence-electron chi connectivity index (χ3n) is 2.35. The Morgan fingerprint density at radius 1 is 1.06 bits per heavy atom. The van der Waals surface area contributed by atoms with Crippen LogP contribution in [-0.4, -0.2) is 13.0 Å². The van der Waals surface area contributed by atoms with Crippen molar-refractivity contribution in [2.45, 2.75) is 4.90 Å². The van der Waals surface area contributed by atoms with Crippen molar-refractivity contribution < 1.29 is 42.5 Å². The summed E-state index contributed by atoms with van der Waals surface area (Å²) in [6.07, 6.45) is 0. The fraction of sp³-hybridized carbons (Fsp3) is 0. The molecule has 0 saturated carbocycles. The molecule has 2 aromatic rings. The molecule has 7 heteroatoms. The van der Waals surface area contributed by atoms with E-state index in [2.05, 4.69) is 0 Å². The fourth-order valence-electron chi connectivity index (χ4n) is 1.59. The van der Waals surface area contributed by atoms with E-state index in [0.717, 1.165) is 6.07 Å². The Morgan fingerprint density at radius 2 is 1.59 bits per heavy atom. The zero-order valence-corrected chi connectivity index (χ0v) is 12.0. The van der Waals surface area contributed by atoms with Crippen molar-refractivity contribution >= 4 is 32.3 Å². The summed E-state index contributed by atoms with van der Waals surface area (Å²) in [6.45, 7) is 0. The van der Waals surface area contributed by atoms with Crippen LogP contribution < -0.4 is 41.0 Å². The van der Waals surface area contributed by atoms with Gasteiger partial charge in [0.15, 0.2) is 0 Å². The SMILES string of the molecule is Nc1cc(S(=O)(=O)[O-])c2ccccc2c1N.[Na+]. The molecule has 2 aromatic carbocycles. The zero-order chi connectivity index (χ0) is 11.9. The van der Waals surface area contributed by atoms with Crippen molar-refractivity contribution in [2.75, 3.05) is 11.5 Å². The summed E-state index contributed by atoms with van der Waals surface area (Å²) in [5, 5.41) is 0.765. The second kappa shape index (κ2) is 4.83. The molecule has 0 saturated heterocycles. The predicted octanol–water partition coefficient (Wildman–Crippen LogP) is -2.09. The van der Waals surface area contributed by atoms with Crippen LogP contribution in [0.15, 0.2) is 35.2 Å². The molecule has 0 spiro atoms. The van der Waals surface area contributed by atoms with E-state index in [1.165, 1.54) is 6.07 Å². The number of hydrogen-bond acceptors (Lipinski definition) is 5. The van der Waals surface area contributed by atoms with Crippen molar-refractivity contribution in [3.63, 3.8) is 0 Å². The van der Waals surface area contributed by atoms with Gasteiger partial charge in [-0.15, -0.1) is 0 Å². The van der Waals surface area contributed by atoms with E-state index in [1.807, 2.05) is 0 Å². The van der Waals surface area contributed by atoms with E-state index < -0.39 is 10.1 Å². The second-order valence-corrected chi connectivity index (χ2v) is 4.73. The van der Waals surface area contributed by atoms with Gasteiger partial charge in [-0.2, -0.15) is 0 Å². The van der Waals surface area contributed by atoms with Gasteiger partial charge in [0.25, 0.3) is 0 Å². The molecule has 4 N–H and O–H groups in total. The van der Waals surface area contributed by atoms with Crippen molar-refractivity contribution in [3.8, 4) is 0 Å². The van der Waals surface area contributed by atoms with Crippen LogP contribution in [0.4, 0.5) is 11.4 Å². The van der Waals surface area contributed by atoms with Gasteiger partial charge in [0, 0.05) is 10.8 Å². The Balaban J connectivity index is 0.00000144. The third-order valence-corrected chi connectivity index (χ3v) is 3.23. The van der Waals surface area contributed by atoms with Gasteiger partial charge >= 0.3 is 29.6 Å². The van der Waals surface area contributed by atoms with Crippen molar-refractivity contribution in [1.82, 2.24) is 0 Å². The molecular weight excluding hydrogens is 251 g/mol. The minimum Gasteiger partial charge on any atom is -0.744 e. The summed E-state index contributed by atoms with van der Waals surface area (Å²) < 4.78 is 33.2. The normalized spacial score (nSPS) is 11.1. The molecule has 0 atom stereocenters. The first-order valence-electron chi connectivity index (χ1n) is 4.44. The van der Waals surface area contributed by atoms with Crippen LogP contribution in [0.1, 0.15) is 0 Å². The summed E-state index contributed by atoms with van der Waals surface area (Å²) in [4.78, 5) is -0.338. The minimum atomic E-state index is -4.55.